The van der Waals surface area contributed by atoms with E-state index in [1.54, 1.807) is 30.9 Å². The Morgan fingerprint density at radius 3 is 2.80 bits per heavy atom. The first-order valence-electron chi connectivity index (χ1n) is 8.44. The molecule has 1 aromatic rings. The molecule has 3 heterocycles. The number of carbonyl (C=O) groups excluding carboxylic acids is 3. The summed E-state index contributed by atoms with van der Waals surface area (Å²) >= 11 is 1.34. The van der Waals surface area contributed by atoms with Gasteiger partial charge in [-0.25, -0.2) is 4.79 Å². The van der Waals surface area contributed by atoms with E-state index >= 15 is 0 Å². The number of thiophene rings is 1. The third kappa shape index (κ3) is 3.78. The molecular weight excluding hydrogens is 342 g/mol. The van der Waals surface area contributed by atoms with Crippen molar-refractivity contribution in [3.8, 4) is 0 Å². The Bertz CT molecular complexity index is 673. The van der Waals surface area contributed by atoms with Crippen LogP contribution in [0.25, 0.3) is 0 Å². The summed E-state index contributed by atoms with van der Waals surface area (Å²) in [6, 6.07) is 3.54. The highest BCUT2D eigenvalue weighted by Gasteiger charge is 2.43. The van der Waals surface area contributed by atoms with Gasteiger partial charge >= 0.3 is 6.09 Å². The number of amides is 3. The number of nitrogens with zero attached hydrogens (tertiary/aromatic N) is 1. The van der Waals surface area contributed by atoms with Crippen molar-refractivity contribution in [2.24, 2.45) is 0 Å². The Kier molecular flexibility index (Phi) is 4.73. The predicted molar refractivity (Wildman–Crippen MR) is 93.5 cm³/mol. The minimum Gasteiger partial charge on any atom is -0.441 e. The van der Waals surface area contributed by atoms with Gasteiger partial charge in [-0.3, -0.25) is 9.59 Å². The van der Waals surface area contributed by atoms with Crippen molar-refractivity contribution in [3.05, 3.63) is 22.4 Å². The quantitative estimate of drug-likeness (QED) is 0.854. The summed E-state index contributed by atoms with van der Waals surface area (Å²) in [5, 5.41) is 7.36. The monoisotopic (exact) mass is 365 g/mol. The molecule has 0 radical (unpaired) electrons. The minimum atomic E-state index is -0.997. The average molecular weight is 365 g/mol. The molecule has 2 fully saturated rings. The predicted octanol–water partition coefficient (Wildman–Crippen LogP) is 1.75. The lowest BCUT2D eigenvalue weighted by atomic mass is 9.95. The van der Waals surface area contributed by atoms with Crippen LogP contribution < -0.4 is 10.6 Å². The second kappa shape index (κ2) is 6.67. The molecule has 25 heavy (non-hydrogen) atoms. The van der Waals surface area contributed by atoms with E-state index in [-0.39, 0.29) is 17.9 Å². The van der Waals surface area contributed by atoms with Crippen molar-refractivity contribution in [3.63, 3.8) is 0 Å². The number of hydrogen-bond donors (Lipinski definition) is 2. The lowest BCUT2D eigenvalue weighted by molar-refractivity contribution is -0.136. The summed E-state index contributed by atoms with van der Waals surface area (Å²) in [5.41, 5.74) is -1.50. The summed E-state index contributed by atoms with van der Waals surface area (Å²) in [4.78, 5) is 38.9. The summed E-state index contributed by atoms with van der Waals surface area (Å²) in [7, 11) is 0. The van der Waals surface area contributed by atoms with Crippen molar-refractivity contribution in [1.82, 2.24) is 15.5 Å². The SMILES string of the molecule is CC(C)(NC(=O)c1cccs1)C(=O)N1CCC[C@@]2(CC1)CNC(=O)O2. The highest BCUT2D eigenvalue weighted by molar-refractivity contribution is 7.12. The van der Waals surface area contributed by atoms with E-state index in [0.29, 0.717) is 30.9 Å². The summed E-state index contributed by atoms with van der Waals surface area (Å²) < 4.78 is 5.44. The molecule has 2 saturated heterocycles. The number of alkyl carbamates (subject to hydrolysis) is 1. The highest BCUT2D eigenvalue weighted by Crippen LogP contribution is 2.30. The maximum atomic E-state index is 12.9. The van der Waals surface area contributed by atoms with Gasteiger partial charge in [0, 0.05) is 19.5 Å². The topological polar surface area (TPSA) is 87.7 Å². The molecule has 3 amide bonds. The molecule has 1 spiro atoms. The molecule has 2 N–H and O–H groups in total. The fourth-order valence-corrected chi connectivity index (χ4v) is 3.97. The Labute approximate surface area is 150 Å². The number of rotatable bonds is 3. The summed E-state index contributed by atoms with van der Waals surface area (Å²) in [5.74, 6) is -0.361. The van der Waals surface area contributed by atoms with Crippen LogP contribution in [0.3, 0.4) is 0 Å². The van der Waals surface area contributed by atoms with E-state index in [9.17, 15) is 14.4 Å². The maximum absolute atomic E-state index is 12.9. The lowest BCUT2D eigenvalue weighted by Gasteiger charge is -2.32. The Morgan fingerprint density at radius 1 is 1.36 bits per heavy atom. The Morgan fingerprint density at radius 2 is 2.16 bits per heavy atom. The molecule has 7 nitrogen and oxygen atoms in total. The van der Waals surface area contributed by atoms with E-state index < -0.39 is 11.1 Å². The number of likely N-dealkylation sites (tertiary alicyclic amines) is 1. The van der Waals surface area contributed by atoms with E-state index in [0.717, 1.165) is 12.8 Å². The molecule has 2 aliphatic rings. The van der Waals surface area contributed by atoms with Crippen LogP contribution in [0.2, 0.25) is 0 Å². The van der Waals surface area contributed by atoms with Crippen molar-refractivity contribution >= 4 is 29.2 Å². The maximum Gasteiger partial charge on any atom is 0.407 e. The van der Waals surface area contributed by atoms with Gasteiger partial charge in [-0.1, -0.05) is 6.07 Å². The van der Waals surface area contributed by atoms with Crippen molar-refractivity contribution in [2.45, 2.75) is 44.2 Å². The molecule has 0 bridgehead atoms. The first-order chi connectivity index (χ1) is 11.8. The normalized spacial score (nSPS) is 23.8. The number of nitrogens with one attached hydrogen (secondary N) is 2. The largest absolute Gasteiger partial charge is 0.441 e. The molecule has 2 aliphatic heterocycles. The van der Waals surface area contributed by atoms with Gasteiger partial charge in [-0.15, -0.1) is 11.3 Å². The van der Waals surface area contributed by atoms with Crippen molar-refractivity contribution < 1.29 is 19.1 Å². The van der Waals surface area contributed by atoms with E-state index in [1.165, 1.54) is 11.3 Å². The fraction of sp³-hybridized carbons (Fsp3) is 0.588. The Balaban J connectivity index is 1.63. The van der Waals surface area contributed by atoms with Gasteiger partial charge in [0.05, 0.1) is 11.4 Å². The van der Waals surface area contributed by atoms with Crippen LogP contribution in [0.5, 0.6) is 0 Å². The molecule has 0 unspecified atom stereocenters. The van der Waals surface area contributed by atoms with Crippen LogP contribution in [-0.4, -0.2) is 53.6 Å². The van der Waals surface area contributed by atoms with Gasteiger partial charge in [-0.2, -0.15) is 0 Å². The van der Waals surface area contributed by atoms with Gasteiger partial charge in [0.1, 0.15) is 11.1 Å². The zero-order valence-electron chi connectivity index (χ0n) is 14.5. The highest BCUT2D eigenvalue weighted by atomic mass is 32.1. The molecule has 136 valence electrons. The first kappa shape index (κ1) is 17.7. The van der Waals surface area contributed by atoms with Gasteiger partial charge in [-0.05, 0) is 38.1 Å². The second-order valence-electron chi connectivity index (χ2n) is 7.13. The molecule has 1 aromatic heterocycles. The third-order valence-electron chi connectivity index (χ3n) is 4.75. The lowest BCUT2D eigenvalue weighted by Crippen LogP contribution is -2.56. The minimum absolute atomic E-state index is 0.119. The summed E-state index contributed by atoms with van der Waals surface area (Å²) in [6.45, 7) is 5.03. The smallest absolute Gasteiger partial charge is 0.407 e. The second-order valence-corrected chi connectivity index (χ2v) is 8.08. The van der Waals surface area contributed by atoms with E-state index in [4.69, 9.17) is 4.74 Å². The van der Waals surface area contributed by atoms with Crippen LogP contribution in [0.1, 0.15) is 42.8 Å². The van der Waals surface area contributed by atoms with Crippen molar-refractivity contribution in [1.29, 1.82) is 0 Å². The molecule has 1 atom stereocenters. The molecule has 8 heteroatoms. The van der Waals surface area contributed by atoms with Crippen LogP contribution >= 0.6 is 11.3 Å². The third-order valence-corrected chi connectivity index (χ3v) is 5.62. The van der Waals surface area contributed by atoms with Crippen molar-refractivity contribution in [2.75, 3.05) is 19.6 Å². The molecular formula is C17H23N3O4S. The van der Waals surface area contributed by atoms with Gasteiger partial charge in [0.25, 0.3) is 5.91 Å². The molecule has 3 rings (SSSR count). The standard InChI is InChI=1S/C17H23N3O4S/c1-16(2,19-13(21)12-5-3-10-25-12)14(22)20-8-4-6-17(7-9-20)11-18-15(23)24-17/h3,5,10H,4,6-9,11H2,1-2H3,(H,18,23)(H,19,21)/t17-/m1/s1. The zero-order valence-corrected chi connectivity index (χ0v) is 15.3. The number of hydrogen-bond acceptors (Lipinski definition) is 5. The van der Waals surface area contributed by atoms with Gasteiger partial charge in [0.2, 0.25) is 5.91 Å². The molecule has 0 aliphatic carbocycles. The zero-order chi connectivity index (χ0) is 18.1. The summed E-state index contributed by atoms with van der Waals surface area (Å²) in [6.07, 6.45) is 1.71. The Hall–Kier alpha value is -2.09. The molecule has 0 saturated carbocycles. The van der Waals surface area contributed by atoms with Crippen LogP contribution in [0.4, 0.5) is 4.79 Å². The first-order valence-corrected chi connectivity index (χ1v) is 9.32. The van der Waals surface area contributed by atoms with Crippen LogP contribution in [-0.2, 0) is 9.53 Å². The number of carbonyl (C=O) groups is 3. The fourth-order valence-electron chi connectivity index (χ4n) is 3.35. The van der Waals surface area contributed by atoms with Gasteiger partial charge in [0.15, 0.2) is 0 Å². The average Bonchev–Trinajstić information content (AvgIpc) is 3.15. The van der Waals surface area contributed by atoms with E-state index in [2.05, 4.69) is 10.6 Å². The number of ether oxygens (including phenoxy) is 1. The van der Waals surface area contributed by atoms with E-state index in [1.807, 2.05) is 5.38 Å². The van der Waals surface area contributed by atoms with Gasteiger partial charge < -0.3 is 20.3 Å². The molecule has 0 aromatic carbocycles. The van der Waals surface area contributed by atoms with Crippen LogP contribution in [0.15, 0.2) is 17.5 Å². The van der Waals surface area contributed by atoms with Crippen LogP contribution in [0, 0.1) is 0 Å².